The third kappa shape index (κ3) is 3.08. The molecule has 1 aromatic rings. The van der Waals surface area contributed by atoms with Crippen molar-refractivity contribution in [3.8, 4) is 0 Å². The highest BCUT2D eigenvalue weighted by Gasteiger charge is 2.22. The lowest BCUT2D eigenvalue weighted by molar-refractivity contribution is 0.0888. The van der Waals surface area contributed by atoms with Gasteiger partial charge in [-0.25, -0.2) is 0 Å². The molecule has 0 spiro atoms. The molecule has 1 aromatic carbocycles. The molecule has 1 aliphatic heterocycles. The molecule has 1 fully saturated rings. The maximum atomic E-state index is 10.3. The number of nitrogens with one attached hydrogen (secondary N) is 1. The normalized spacial score (nSPS) is 19.2. The lowest BCUT2D eigenvalue weighted by Gasteiger charge is -2.28. The summed E-state index contributed by atoms with van der Waals surface area (Å²) in [6.45, 7) is 6.37. The average Bonchev–Trinajstić information content (AvgIpc) is 2.35. The Hall–Kier alpha value is -0.860. The van der Waals surface area contributed by atoms with Gasteiger partial charge < -0.3 is 10.4 Å². The van der Waals surface area contributed by atoms with Gasteiger partial charge in [0.25, 0.3) is 0 Å². The van der Waals surface area contributed by atoms with Crippen molar-refractivity contribution in [2.75, 3.05) is 13.1 Å². The van der Waals surface area contributed by atoms with Crippen LogP contribution in [-0.4, -0.2) is 24.3 Å². The minimum atomic E-state index is -0.183. The summed E-state index contributed by atoms with van der Waals surface area (Å²) in [5.74, 6) is 0.468. The summed E-state index contributed by atoms with van der Waals surface area (Å²) in [5.41, 5.74) is 3.94. The van der Waals surface area contributed by atoms with Crippen molar-refractivity contribution < 1.29 is 5.11 Å². The number of hydrogen-bond donors (Lipinski definition) is 2. The van der Waals surface area contributed by atoms with Gasteiger partial charge in [-0.05, 0) is 68.8 Å². The van der Waals surface area contributed by atoms with Gasteiger partial charge in [-0.15, -0.1) is 0 Å². The number of rotatable bonds is 3. The van der Waals surface area contributed by atoms with Gasteiger partial charge in [-0.2, -0.15) is 0 Å². The zero-order valence-electron chi connectivity index (χ0n) is 10.9. The maximum Gasteiger partial charge on any atom is 0.0609 e. The molecule has 0 radical (unpaired) electrons. The molecule has 1 heterocycles. The Balaban J connectivity index is 2.04. The Bertz CT molecular complexity index is 349. The summed E-state index contributed by atoms with van der Waals surface area (Å²) in [4.78, 5) is 0. The van der Waals surface area contributed by atoms with Crippen LogP contribution in [0.5, 0.6) is 0 Å². The molecule has 0 saturated carbocycles. The van der Waals surface area contributed by atoms with Crippen LogP contribution in [-0.2, 0) is 6.42 Å². The molecule has 2 rings (SSSR count). The van der Waals surface area contributed by atoms with Crippen molar-refractivity contribution in [2.45, 2.75) is 39.2 Å². The fourth-order valence-corrected chi connectivity index (χ4v) is 2.78. The Morgan fingerprint density at radius 2 is 1.82 bits per heavy atom. The van der Waals surface area contributed by atoms with E-state index in [-0.39, 0.29) is 6.10 Å². The quantitative estimate of drug-likeness (QED) is 0.839. The zero-order valence-corrected chi connectivity index (χ0v) is 10.9. The van der Waals surface area contributed by atoms with E-state index in [4.69, 9.17) is 0 Å². The molecular weight excluding hydrogens is 210 g/mol. The minimum Gasteiger partial charge on any atom is -0.392 e. The second kappa shape index (κ2) is 5.65. The van der Waals surface area contributed by atoms with Crippen molar-refractivity contribution in [3.05, 3.63) is 34.9 Å². The minimum absolute atomic E-state index is 0.183. The van der Waals surface area contributed by atoms with Crippen LogP contribution in [0.2, 0.25) is 0 Å². The SMILES string of the molecule is Cc1cccc(C)c1CC(O)C1CCNCC1. The van der Waals surface area contributed by atoms with Crippen LogP contribution in [0.4, 0.5) is 0 Å². The lowest BCUT2D eigenvalue weighted by Crippen LogP contribution is -2.35. The van der Waals surface area contributed by atoms with Crippen LogP contribution in [0.3, 0.4) is 0 Å². The van der Waals surface area contributed by atoms with Gasteiger partial charge in [0.2, 0.25) is 0 Å². The van der Waals surface area contributed by atoms with Gasteiger partial charge in [-0.3, -0.25) is 0 Å². The van der Waals surface area contributed by atoms with Gasteiger partial charge in [0.15, 0.2) is 0 Å². The van der Waals surface area contributed by atoms with Crippen LogP contribution in [0, 0.1) is 19.8 Å². The largest absolute Gasteiger partial charge is 0.392 e. The molecule has 2 nitrogen and oxygen atoms in total. The molecule has 2 heteroatoms. The number of aryl methyl sites for hydroxylation is 2. The fourth-order valence-electron chi connectivity index (χ4n) is 2.78. The van der Waals surface area contributed by atoms with Gasteiger partial charge in [-0.1, -0.05) is 18.2 Å². The molecule has 0 aliphatic carbocycles. The van der Waals surface area contributed by atoms with E-state index in [2.05, 4.69) is 37.4 Å². The van der Waals surface area contributed by atoms with E-state index >= 15 is 0 Å². The number of aliphatic hydroxyl groups is 1. The lowest BCUT2D eigenvalue weighted by atomic mass is 9.86. The molecule has 1 unspecified atom stereocenters. The second-order valence-electron chi connectivity index (χ2n) is 5.23. The van der Waals surface area contributed by atoms with E-state index in [9.17, 15) is 5.11 Å². The van der Waals surface area contributed by atoms with Crippen LogP contribution < -0.4 is 5.32 Å². The van der Waals surface area contributed by atoms with Crippen molar-refractivity contribution in [3.63, 3.8) is 0 Å². The molecular formula is C15H23NO. The standard InChI is InChI=1S/C15H23NO/c1-11-4-3-5-12(2)14(11)10-15(17)13-6-8-16-9-7-13/h3-5,13,15-17H,6-10H2,1-2H3. The highest BCUT2D eigenvalue weighted by Crippen LogP contribution is 2.22. The smallest absolute Gasteiger partial charge is 0.0609 e. The van der Waals surface area contributed by atoms with Crippen LogP contribution in [0.15, 0.2) is 18.2 Å². The number of piperidine rings is 1. The van der Waals surface area contributed by atoms with Crippen molar-refractivity contribution in [2.24, 2.45) is 5.92 Å². The van der Waals surface area contributed by atoms with Crippen LogP contribution >= 0.6 is 0 Å². The summed E-state index contributed by atoms with van der Waals surface area (Å²) < 4.78 is 0. The third-order valence-electron chi connectivity index (χ3n) is 3.99. The fraction of sp³-hybridized carbons (Fsp3) is 0.600. The van der Waals surface area contributed by atoms with E-state index in [1.807, 2.05) is 0 Å². The first-order valence-corrected chi connectivity index (χ1v) is 6.62. The Kier molecular flexibility index (Phi) is 4.19. The zero-order chi connectivity index (χ0) is 12.3. The van der Waals surface area contributed by atoms with Gasteiger partial charge in [0.1, 0.15) is 0 Å². The van der Waals surface area contributed by atoms with Crippen molar-refractivity contribution >= 4 is 0 Å². The Morgan fingerprint density at radius 1 is 1.24 bits per heavy atom. The average molecular weight is 233 g/mol. The van der Waals surface area contributed by atoms with E-state index in [1.54, 1.807) is 0 Å². The summed E-state index contributed by atoms with van der Waals surface area (Å²) in [6, 6.07) is 6.36. The predicted molar refractivity (Wildman–Crippen MR) is 71.2 cm³/mol. The molecule has 0 amide bonds. The highest BCUT2D eigenvalue weighted by molar-refractivity contribution is 5.34. The predicted octanol–water partition coefficient (Wildman–Crippen LogP) is 2.21. The maximum absolute atomic E-state index is 10.3. The first-order chi connectivity index (χ1) is 8.18. The molecule has 0 bridgehead atoms. The monoisotopic (exact) mass is 233 g/mol. The summed E-state index contributed by atoms with van der Waals surface area (Å²) in [7, 11) is 0. The summed E-state index contributed by atoms with van der Waals surface area (Å²) in [6.07, 6.45) is 2.83. The van der Waals surface area contributed by atoms with Crippen LogP contribution in [0.1, 0.15) is 29.5 Å². The molecule has 2 N–H and O–H groups in total. The van der Waals surface area contributed by atoms with Crippen LogP contribution in [0.25, 0.3) is 0 Å². The summed E-state index contributed by atoms with van der Waals surface area (Å²) in [5, 5.41) is 13.7. The molecule has 1 saturated heterocycles. The topological polar surface area (TPSA) is 32.3 Å². The van der Waals surface area contributed by atoms with Gasteiger partial charge in [0, 0.05) is 0 Å². The number of aliphatic hydroxyl groups excluding tert-OH is 1. The Labute approximate surface area is 104 Å². The van der Waals surface area contributed by atoms with E-state index < -0.39 is 0 Å². The Morgan fingerprint density at radius 3 is 2.41 bits per heavy atom. The number of benzene rings is 1. The van der Waals surface area contributed by atoms with Gasteiger partial charge in [0.05, 0.1) is 6.10 Å². The molecule has 0 aromatic heterocycles. The van der Waals surface area contributed by atoms with E-state index in [1.165, 1.54) is 16.7 Å². The molecule has 17 heavy (non-hydrogen) atoms. The second-order valence-corrected chi connectivity index (χ2v) is 5.23. The molecule has 94 valence electrons. The third-order valence-corrected chi connectivity index (χ3v) is 3.99. The van der Waals surface area contributed by atoms with Crippen molar-refractivity contribution in [1.82, 2.24) is 5.32 Å². The highest BCUT2D eigenvalue weighted by atomic mass is 16.3. The van der Waals surface area contributed by atoms with E-state index in [0.29, 0.717) is 5.92 Å². The first kappa shape index (κ1) is 12.6. The molecule has 1 aliphatic rings. The summed E-state index contributed by atoms with van der Waals surface area (Å²) >= 11 is 0. The number of hydrogen-bond acceptors (Lipinski definition) is 2. The van der Waals surface area contributed by atoms with E-state index in [0.717, 1.165) is 32.4 Å². The first-order valence-electron chi connectivity index (χ1n) is 6.62. The van der Waals surface area contributed by atoms with Crippen molar-refractivity contribution in [1.29, 1.82) is 0 Å². The molecule has 1 atom stereocenters. The van der Waals surface area contributed by atoms with Gasteiger partial charge >= 0.3 is 0 Å².